The molecule has 0 heterocycles. The van der Waals surface area contributed by atoms with Gasteiger partial charge < -0.3 is 10.4 Å². The minimum atomic E-state index is -0.202. The van der Waals surface area contributed by atoms with Crippen molar-refractivity contribution in [1.82, 2.24) is 10.2 Å². The normalized spacial score (nSPS) is 21.8. The highest BCUT2D eigenvalue weighted by atomic mass is 16.3. The third-order valence-electron chi connectivity index (χ3n) is 4.44. The fourth-order valence-electron chi connectivity index (χ4n) is 3.07. The van der Waals surface area contributed by atoms with Crippen LogP contribution in [0.3, 0.4) is 0 Å². The van der Waals surface area contributed by atoms with E-state index in [1.54, 1.807) is 0 Å². The van der Waals surface area contributed by atoms with Gasteiger partial charge in [-0.05, 0) is 38.3 Å². The predicted molar refractivity (Wildman–Crippen MR) is 88.5 cm³/mol. The SMILES string of the molecule is Cc1ccc(CNC(=O)CN(C)CC2CCCCC2O)cc1. The summed E-state index contributed by atoms with van der Waals surface area (Å²) >= 11 is 0. The molecule has 4 nitrogen and oxygen atoms in total. The predicted octanol–water partition coefficient (Wildman–Crippen LogP) is 2.09. The lowest BCUT2D eigenvalue weighted by Crippen LogP contribution is -2.40. The Bertz CT molecular complexity index is 472. The van der Waals surface area contributed by atoms with E-state index in [-0.39, 0.29) is 12.0 Å². The van der Waals surface area contributed by atoms with Gasteiger partial charge in [0.15, 0.2) is 0 Å². The number of rotatable bonds is 6. The Kier molecular flexibility index (Phi) is 6.40. The molecule has 1 saturated carbocycles. The Hall–Kier alpha value is -1.39. The zero-order valence-electron chi connectivity index (χ0n) is 13.7. The van der Waals surface area contributed by atoms with Crippen molar-refractivity contribution >= 4 is 5.91 Å². The average molecular weight is 304 g/mol. The average Bonchev–Trinajstić information content (AvgIpc) is 2.49. The third-order valence-corrected chi connectivity index (χ3v) is 4.44. The molecule has 2 rings (SSSR count). The first-order valence-corrected chi connectivity index (χ1v) is 8.23. The van der Waals surface area contributed by atoms with Crippen LogP contribution >= 0.6 is 0 Å². The summed E-state index contributed by atoms with van der Waals surface area (Å²) in [6.45, 7) is 3.80. The van der Waals surface area contributed by atoms with Gasteiger partial charge in [-0.25, -0.2) is 0 Å². The number of likely N-dealkylation sites (N-methyl/N-ethyl adjacent to an activating group) is 1. The maximum Gasteiger partial charge on any atom is 0.234 e. The van der Waals surface area contributed by atoms with Gasteiger partial charge in [0.05, 0.1) is 12.6 Å². The first-order valence-electron chi connectivity index (χ1n) is 8.23. The lowest BCUT2D eigenvalue weighted by Gasteiger charge is -2.30. The Morgan fingerprint density at radius 2 is 1.95 bits per heavy atom. The number of aryl methyl sites for hydroxylation is 1. The minimum Gasteiger partial charge on any atom is -0.393 e. The van der Waals surface area contributed by atoms with E-state index in [2.05, 4.69) is 24.4 Å². The molecule has 2 unspecified atom stereocenters. The minimum absolute atomic E-state index is 0.0355. The summed E-state index contributed by atoms with van der Waals surface area (Å²) in [6, 6.07) is 8.19. The second-order valence-electron chi connectivity index (χ2n) is 6.57. The quantitative estimate of drug-likeness (QED) is 0.846. The van der Waals surface area contributed by atoms with Crippen LogP contribution in [-0.4, -0.2) is 42.2 Å². The molecule has 0 saturated heterocycles. The lowest BCUT2D eigenvalue weighted by molar-refractivity contribution is -0.122. The van der Waals surface area contributed by atoms with Gasteiger partial charge in [-0.1, -0.05) is 42.7 Å². The number of hydrogen-bond acceptors (Lipinski definition) is 3. The Morgan fingerprint density at radius 3 is 2.64 bits per heavy atom. The van der Waals surface area contributed by atoms with Crippen molar-refractivity contribution in [2.24, 2.45) is 5.92 Å². The second kappa shape index (κ2) is 8.30. The van der Waals surface area contributed by atoms with Crippen LogP contribution in [0.15, 0.2) is 24.3 Å². The summed E-state index contributed by atoms with van der Waals surface area (Å²) in [6.07, 6.45) is 4.08. The van der Waals surface area contributed by atoms with Crippen LogP contribution in [0.5, 0.6) is 0 Å². The van der Waals surface area contributed by atoms with Gasteiger partial charge in [-0.15, -0.1) is 0 Å². The smallest absolute Gasteiger partial charge is 0.234 e. The van der Waals surface area contributed by atoms with Crippen molar-refractivity contribution < 1.29 is 9.90 Å². The molecule has 1 fully saturated rings. The Labute approximate surface area is 133 Å². The van der Waals surface area contributed by atoms with Crippen molar-refractivity contribution in [2.45, 2.75) is 45.3 Å². The number of aliphatic hydroxyl groups is 1. The number of carbonyl (C=O) groups excluding carboxylic acids is 1. The molecule has 1 aromatic carbocycles. The monoisotopic (exact) mass is 304 g/mol. The van der Waals surface area contributed by atoms with Gasteiger partial charge in [0.1, 0.15) is 0 Å². The van der Waals surface area contributed by atoms with Crippen LogP contribution < -0.4 is 5.32 Å². The zero-order chi connectivity index (χ0) is 15.9. The molecule has 22 heavy (non-hydrogen) atoms. The van der Waals surface area contributed by atoms with Crippen LogP contribution in [0.25, 0.3) is 0 Å². The molecule has 1 aromatic rings. The van der Waals surface area contributed by atoms with E-state index in [0.29, 0.717) is 19.0 Å². The van der Waals surface area contributed by atoms with E-state index < -0.39 is 0 Å². The number of amides is 1. The Balaban J connectivity index is 1.70. The lowest BCUT2D eigenvalue weighted by atomic mass is 9.86. The van der Waals surface area contributed by atoms with Crippen molar-refractivity contribution in [1.29, 1.82) is 0 Å². The highest BCUT2D eigenvalue weighted by molar-refractivity contribution is 5.77. The first kappa shape index (κ1) is 17.0. The van der Waals surface area contributed by atoms with Crippen molar-refractivity contribution in [3.8, 4) is 0 Å². The van der Waals surface area contributed by atoms with Gasteiger partial charge in [-0.3, -0.25) is 9.69 Å². The summed E-state index contributed by atoms with van der Waals surface area (Å²) < 4.78 is 0. The molecule has 0 aromatic heterocycles. The second-order valence-corrected chi connectivity index (χ2v) is 6.57. The van der Waals surface area contributed by atoms with Gasteiger partial charge in [-0.2, -0.15) is 0 Å². The molecular weight excluding hydrogens is 276 g/mol. The topological polar surface area (TPSA) is 52.6 Å². The molecule has 1 amide bonds. The molecule has 1 aliphatic rings. The van der Waals surface area contributed by atoms with Crippen LogP contribution in [0, 0.1) is 12.8 Å². The molecule has 0 bridgehead atoms. The molecule has 0 radical (unpaired) electrons. The van der Waals surface area contributed by atoms with Gasteiger partial charge in [0, 0.05) is 13.1 Å². The molecule has 2 N–H and O–H groups in total. The highest BCUT2D eigenvalue weighted by Crippen LogP contribution is 2.24. The third kappa shape index (κ3) is 5.43. The van der Waals surface area contributed by atoms with E-state index in [9.17, 15) is 9.90 Å². The summed E-state index contributed by atoms with van der Waals surface area (Å²) in [7, 11) is 1.95. The van der Waals surface area contributed by atoms with Crippen molar-refractivity contribution in [2.75, 3.05) is 20.1 Å². The van der Waals surface area contributed by atoms with Gasteiger partial charge >= 0.3 is 0 Å². The van der Waals surface area contributed by atoms with Gasteiger partial charge in [0.2, 0.25) is 5.91 Å². The largest absolute Gasteiger partial charge is 0.393 e. The standard InChI is InChI=1S/C18H28N2O2/c1-14-7-9-15(10-8-14)11-19-18(22)13-20(2)12-16-5-3-4-6-17(16)21/h7-10,16-17,21H,3-6,11-13H2,1-2H3,(H,19,22). The maximum atomic E-state index is 12.0. The molecule has 0 spiro atoms. The summed E-state index contributed by atoms with van der Waals surface area (Å²) in [4.78, 5) is 14.0. The van der Waals surface area contributed by atoms with E-state index >= 15 is 0 Å². The van der Waals surface area contributed by atoms with E-state index in [1.165, 1.54) is 12.0 Å². The molecule has 122 valence electrons. The number of aliphatic hydroxyl groups excluding tert-OH is 1. The van der Waals surface area contributed by atoms with Crippen LogP contribution in [0.2, 0.25) is 0 Å². The number of benzene rings is 1. The molecule has 4 heteroatoms. The maximum absolute atomic E-state index is 12.0. The fraction of sp³-hybridized carbons (Fsp3) is 0.611. The number of carbonyl (C=O) groups is 1. The number of nitrogens with one attached hydrogen (secondary N) is 1. The van der Waals surface area contributed by atoms with Crippen molar-refractivity contribution in [3.05, 3.63) is 35.4 Å². The van der Waals surface area contributed by atoms with E-state index in [1.807, 2.05) is 24.1 Å². The van der Waals surface area contributed by atoms with Crippen LogP contribution in [0.1, 0.15) is 36.8 Å². The van der Waals surface area contributed by atoms with E-state index in [0.717, 1.165) is 31.4 Å². The molecule has 1 aliphatic carbocycles. The Morgan fingerprint density at radius 1 is 1.27 bits per heavy atom. The molecule has 0 aliphatic heterocycles. The van der Waals surface area contributed by atoms with Crippen molar-refractivity contribution in [3.63, 3.8) is 0 Å². The van der Waals surface area contributed by atoms with Crippen LogP contribution in [-0.2, 0) is 11.3 Å². The fourth-order valence-corrected chi connectivity index (χ4v) is 3.07. The number of hydrogen-bond donors (Lipinski definition) is 2. The molecular formula is C18H28N2O2. The summed E-state index contributed by atoms with van der Waals surface area (Å²) in [5, 5.41) is 13.0. The first-order chi connectivity index (χ1) is 10.5. The van der Waals surface area contributed by atoms with Gasteiger partial charge in [0.25, 0.3) is 0 Å². The number of nitrogens with zero attached hydrogens (tertiary/aromatic N) is 1. The molecule has 2 atom stereocenters. The van der Waals surface area contributed by atoms with Crippen LogP contribution in [0.4, 0.5) is 0 Å². The summed E-state index contributed by atoms with van der Waals surface area (Å²) in [5.74, 6) is 0.344. The van der Waals surface area contributed by atoms with E-state index in [4.69, 9.17) is 0 Å². The zero-order valence-corrected chi connectivity index (χ0v) is 13.7. The highest BCUT2D eigenvalue weighted by Gasteiger charge is 2.24. The summed E-state index contributed by atoms with van der Waals surface area (Å²) in [5.41, 5.74) is 2.34.